The molecule has 0 atom stereocenters. The highest BCUT2D eigenvalue weighted by atomic mass is 79.9. The number of pyridine rings is 1. The molecule has 0 aliphatic heterocycles. The Morgan fingerprint density at radius 2 is 2.00 bits per heavy atom. The minimum Gasteiger partial charge on any atom is -0.287 e. The van der Waals surface area contributed by atoms with Crippen molar-refractivity contribution in [1.82, 2.24) is 4.98 Å². The number of carbonyl (C=O) groups is 1. The van der Waals surface area contributed by atoms with Crippen LogP contribution in [0.2, 0.25) is 0 Å². The van der Waals surface area contributed by atoms with Gasteiger partial charge < -0.3 is 0 Å². The molecule has 80 valence electrons. The lowest BCUT2D eigenvalue weighted by Gasteiger charge is -2.03. The second-order valence-electron chi connectivity index (χ2n) is 3.53. The lowest BCUT2D eigenvalue weighted by atomic mass is 10.1. The van der Waals surface area contributed by atoms with Crippen molar-refractivity contribution in [2.24, 2.45) is 0 Å². The van der Waals surface area contributed by atoms with Crippen molar-refractivity contribution in [1.29, 1.82) is 0 Å². The van der Waals surface area contributed by atoms with Gasteiger partial charge >= 0.3 is 0 Å². The summed E-state index contributed by atoms with van der Waals surface area (Å²) in [5.74, 6) is -0.0591. The molecule has 0 amide bonds. The topological polar surface area (TPSA) is 30.0 Å². The van der Waals surface area contributed by atoms with Gasteiger partial charge in [-0.2, -0.15) is 0 Å². The zero-order valence-corrected chi connectivity index (χ0v) is 10.4. The number of benzene rings is 1. The van der Waals surface area contributed by atoms with Crippen molar-refractivity contribution in [3.05, 3.63) is 63.9 Å². The molecule has 0 aliphatic carbocycles. The van der Waals surface area contributed by atoms with Crippen molar-refractivity contribution in [2.45, 2.75) is 6.92 Å². The number of nitrogens with zero attached hydrogens (tertiary/aromatic N) is 1. The summed E-state index contributed by atoms with van der Waals surface area (Å²) < 4.78 is 0.795. The van der Waals surface area contributed by atoms with Crippen LogP contribution in [-0.4, -0.2) is 10.8 Å². The molecule has 2 aromatic rings. The highest BCUT2D eigenvalue weighted by Gasteiger charge is 2.12. The van der Waals surface area contributed by atoms with E-state index in [1.165, 1.54) is 0 Å². The maximum atomic E-state index is 12.1. The summed E-state index contributed by atoms with van der Waals surface area (Å²) in [6.45, 7) is 1.94. The zero-order chi connectivity index (χ0) is 11.5. The normalized spacial score (nSPS) is 10.1. The summed E-state index contributed by atoms with van der Waals surface area (Å²) >= 11 is 3.36. The van der Waals surface area contributed by atoms with Crippen LogP contribution >= 0.6 is 15.9 Å². The van der Waals surface area contributed by atoms with E-state index in [1.54, 1.807) is 18.3 Å². The lowest BCUT2D eigenvalue weighted by molar-refractivity contribution is 0.103. The van der Waals surface area contributed by atoms with Crippen LogP contribution in [-0.2, 0) is 0 Å². The van der Waals surface area contributed by atoms with E-state index in [0.717, 1.165) is 10.0 Å². The fourth-order valence-electron chi connectivity index (χ4n) is 1.44. The Labute approximate surface area is 102 Å². The van der Waals surface area contributed by atoms with Crippen molar-refractivity contribution < 1.29 is 4.79 Å². The number of carbonyl (C=O) groups excluding carboxylic acids is 1. The zero-order valence-electron chi connectivity index (χ0n) is 8.77. The van der Waals surface area contributed by atoms with Gasteiger partial charge in [-0.25, -0.2) is 0 Å². The molecule has 1 aromatic carbocycles. The summed E-state index contributed by atoms with van der Waals surface area (Å²) in [7, 11) is 0. The van der Waals surface area contributed by atoms with Gasteiger partial charge in [0.15, 0.2) is 0 Å². The van der Waals surface area contributed by atoms with Gasteiger partial charge in [0.1, 0.15) is 5.69 Å². The molecule has 0 saturated heterocycles. The minimum absolute atomic E-state index is 0.0591. The molecule has 2 rings (SSSR count). The molecule has 0 fully saturated rings. The van der Waals surface area contributed by atoms with Crippen LogP contribution in [0.3, 0.4) is 0 Å². The number of aryl methyl sites for hydroxylation is 1. The van der Waals surface area contributed by atoms with Crippen molar-refractivity contribution in [3.63, 3.8) is 0 Å². The molecule has 3 heteroatoms. The second-order valence-corrected chi connectivity index (χ2v) is 4.38. The highest BCUT2D eigenvalue weighted by Crippen LogP contribution is 2.19. The van der Waals surface area contributed by atoms with Crippen LogP contribution in [0.4, 0.5) is 0 Å². The first-order chi connectivity index (χ1) is 7.68. The quantitative estimate of drug-likeness (QED) is 0.787. The Morgan fingerprint density at radius 3 is 2.69 bits per heavy atom. The minimum atomic E-state index is -0.0591. The Kier molecular flexibility index (Phi) is 3.15. The van der Waals surface area contributed by atoms with Gasteiger partial charge in [-0.1, -0.05) is 28.1 Å². The van der Waals surface area contributed by atoms with Crippen molar-refractivity contribution in [2.75, 3.05) is 0 Å². The van der Waals surface area contributed by atoms with Gasteiger partial charge in [-0.15, -0.1) is 0 Å². The molecule has 0 N–H and O–H groups in total. The number of hydrogen-bond donors (Lipinski definition) is 0. The lowest BCUT2D eigenvalue weighted by Crippen LogP contribution is -2.04. The number of hydrogen-bond acceptors (Lipinski definition) is 2. The van der Waals surface area contributed by atoms with Crippen LogP contribution in [0, 0.1) is 6.92 Å². The fourth-order valence-corrected chi connectivity index (χ4v) is 1.91. The summed E-state index contributed by atoms with van der Waals surface area (Å²) in [6.07, 6.45) is 1.65. The van der Waals surface area contributed by atoms with E-state index < -0.39 is 0 Å². The fraction of sp³-hybridized carbons (Fsp3) is 0.0769. The first-order valence-corrected chi connectivity index (χ1v) is 5.69. The molecular weight excluding hydrogens is 266 g/mol. The van der Waals surface area contributed by atoms with Gasteiger partial charge in [0.25, 0.3) is 0 Å². The Morgan fingerprint density at radius 1 is 1.25 bits per heavy atom. The molecule has 0 spiro atoms. The molecule has 0 radical (unpaired) electrons. The van der Waals surface area contributed by atoms with Crippen LogP contribution in [0.15, 0.2) is 47.1 Å². The van der Waals surface area contributed by atoms with Gasteiger partial charge in [0, 0.05) is 16.2 Å². The number of aromatic nitrogens is 1. The van der Waals surface area contributed by atoms with Crippen molar-refractivity contribution >= 4 is 21.7 Å². The van der Waals surface area contributed by atoms with Gasteiger partial charge in [0.05, 0.1) is 0 Å². The van der Waals surface area contributed by atoms with Crippen LogP contribution < -0.4 is 0 Å². The first-order valence-electron chi connectivity index (χ1n) is 4.90. The summed E-state index contributed by atoms with van der Waals surface area (Å²) in [4.78, 5) is 16.2. The van der Waals surface area contributed by atoms with E-state index in [2.05, 4.69) is 20.9 Å². The third kappa shape index (κ3) is 2.19. The third-order valence-electron chi connectivity index (χ3n) is 2.27. The third-order valence-corrected chi connectivity index (χ3v) is 2.96. The molecule has 1 heterocycles. The average molecular weight is 276 g/mol. The largest absolute Gasteiger partial charge is 0.287 e. The molecule has 2 nitrogen and oxygen atoms in total. The predicted molar refractivity (Wildman–Crippen MR) is 66.5 cm³/mol. The van der Waals surface area contributed by atoms with E-state index in [4.69, 9.17) is 0 Å². The molecule has 0 aliphatic rings. The maximum absolute atomic E-state index is 12.1. The Balaban J connectivity index is 2.44. The van der Waals surface area contributed by atoms with E-state index in [0.29, 0.717) is 11.3 Å². The highest BCUT2D eigenvalue weighted by molar-refractivity contribution is 9.10. The second kappa shape index (κ2) is 4.58. The number of ketones is 1. The van der Waals surface area contributed by atoms with Crippen molar-refractivity contribution in [3.8, 4) is 0 Å². The molecule has 0 saturated carbocycles. The van der Waals surface area contributed by atoms with Crippen LogP contribution in [0.1, 0.15) is 21.6 Å². The number of rotatable bonds is 2. The van der Waals surface area contributed by atoms with Crippen LogP contribution in [0.5, 0.6) is 0 Å². The van der Waals surface area contributed by atoms with Gasteiger partial charge in [-0.05, 0) is 36.8 Å². The molecule has 1 aromatic heterocycles. The summed E-state index contributed by atoms with van der Waals surface area (Å²) in [6, 6.07) is 11.0. The molecule has 16 heavy (non-hydrogen) atoms. The predicted octanol–water partition coefficient (Wildman–Crippen LogP) is 3.38. The number of halogens is 1. The molecule has 0 bridgehead atoms. The average Bonchev–Trinajstić information content (AvgIpc) is 2.29. The summed E-state index contributed by atoms with van der Waals surface area (Å²) in [5, 5.41) is 0. The SMILES string of the molecule is Cc1ccnc(C(=O)c2ccccc2Br)c1. The van der Waals surface area contributed by atoms with E-state index in [9.17, 15) is 4.79 Å². The van der Waals surface area contributed by atoms with E-state index >= 15 is 0 Å². The van der Waals surface area contributed by atoms with Gasteiger partial charge in [-0.3, -0.25) is 9.78 Å². The standard InChI is InChI=1S/C13H10BrNO/c1-9-6-7-15-12(8-9)13(16)10-4-2-3-5-11(10)14/h2-8H,1H3. The Bertz CT molecular complexity index is 537. The van der Waals surface area contributed by atoms with Crippen LogP contribution in [0.25, 0.3) is 0 Å². The van der Waals surface area contributed by atoms with Gasteiger partial charge in [0.2, 0.25) is 5.78 Å². The first kappa shape index (κ1) is 11.0. The Hall–Kier alpha value is -1.48. The van der Waals surface area contributed by atoms with E-state index in [1.807, 2.05) is 31.2 Å². The maximum Gasteiger partial charge on any atom is 0.212 e. The smallest absolute Gasteiger partial charge is 0.212 e. The summed E-state index contributed by atoms with van der Waals surface area (Å²) in [5.41, 5.74) is 2.15. The molecule has 0 unspecified atom stereocenters. The monoisotopic (exact) mass is 275 g/mol. The van der Waals surface area contributed by atoms with E-state index in [-0.39, 0.29) is 5.78 Å². The molecular formula is C13H10BrNO.